The molecule has 3 nitrogen and oxygen atoms in total. The number of benzene rings is 2. The van der Waals surface area contributed by atoms with Crippen molar-refractivity contribution < 1.29 is 4.79 Å². The first-order valence-corrected chi connectivity index (χ1v) is 8.07. The van der Waals surface area contributed by atoms with Crippen molar-refractivity contribution in [3.05, 3.63) is 62.9 Å². The first-order valence-electron chi connectivity index (χ1n) is 6.46. The van der Waals surface area contributed by atoms with Gasteiger partial charge in [0.1, 0.15) is 0 Å². The molecule has 0 aliphatic heterocycles. The van der Waals surface area contributed by atoms with Crippen molar-refractivity contribution in [3.8, 4) is 0 Å². The van der Waals surface area contributed by atoms with Gasteiger partial charge in [0.2, 0.25) is 0 Å². The van der Waals surface area contributed by atoms with Crippen LogP contribution in [0.4, 0.5) is 0 Å². The highest BCUT2D eigenvalue weighted by Gasteiger charge is 2.09. The number of aryl methyl sites for hydroxylation is 2. The van der Waals surface area contributed by atoms with E-state index in [0.717, 1.165) is 14.7 Å². The van der Waals surface area contributed by atoms with Gasteiger partial charge in [0, 0.05) is 11.5 Å². The molecular formula is C16H13BrN2OS. The van der Waals surface area contributed by atoms with Crippen LogP contribution in [0.25, 0.3) is 10.2 Å². The Morgan fingerprint density at radius 2 is 2.00 bits per heavy atom. The average Bonchev–Trinajstić information content (AvgIpc) is 2.75. The molecule has 3 rings (SSSR count). The zero-order chi connectivity index (χ0) is 15.0. The predicted molar refractivity (Wildman–Crippen MR) is 89.6 cm³/mol. The fourth-order valence-corrected chi connectivity index (χ4v) is 3.70. The number of nitrogens with zero attached hydrogens (tertiary/aromatic N) is 2. The third-order valence-electron chi connectivity index (χ3n) is 3.27. The van der Waals surface area contributed by atoms with Crippen LogP contribution >= 0.6 is 27.3 Å². The first kappa shape index (κ1) is 14.2. The molecule has 1 amide bonds. The quantitative estimate of drug-likeness (QED) is 0.644. The van der Waals surface area contributed by atoms with Gasteiger partial charge in [-0.25, -0.2) is 0 Å². The molecule has 1 aromatic heterocycles. The fraction of sp³-hybridized carbons (Fsp3) is 0.125. The van der Waals surface area contributed by atoms with E-state index in [4.69, 9.17) is 0 Å². The van der Waals surface area contributed by atoms with Crippen LogP contribution in [0.2, 0.25) is 0 Å². The van der Waals surface area contributed by atoms with Crippen LogP contribution < -0.4 is 4.80 Å². The number of aromatic nitrogens is 1. The Morgan fingerprint density at radius 1 is 1.24 bits per heavy atom. The van der Waals surface area contributed by atoms with Gasteiger partial charge in [0.05, 0.1) is 15.8 Å². The second-order valence-corrected chi connectivity index (χ2v) is 6.68. The molecule has 0 radical (unpaired) electrons. The molecular weight excluding hydrogens is 348 g/mol. The fourth-order valence-electron chi connectivity index (χ4n) is 2.13. The van der Waals surface area contributed by atoms with Crippen molar-refractivity contribution in [1.29, 1.82) is 0 Å². The van der Waals surface area contributed by atoms with E-state index in [-0.39, 0.29) is 5.91 Å². The molecule has 0 saturated heterocycles. The third-order valence-corrected chi connectivity index (χ3v) is 5.05. The Hall–Kier alpha value is -1.72. The number of carbonyl (C=O) groups is 1. The van der Waals surface area contributed by atoms with E-state index < -0.39 is 0 Å². The number of thiazole rings is 1. The standard InChI is InChI=1S/C16H13BrN2OS/c1-10-7-8-13-14(9-10)21-16(19(13)2)18-15(20)11-5-3-4-6-12(11)17/h3-9H,1-2H3. The van der Waals surface area contributed by atoms with Gasteiger partial charge >= 0.3 is 0 Å². The lowest BCUT2D eigenvalue weighted by Gasteiger charge is -1.98. The van der Waals surface area contributed by atoms with Gasteiger partial charge in [0.25, 0.3) is 5.91 Å². The van der Waals surface area contributed by atoms with Gasteiger partial charge in [-0.1, -0.05) is 29.5 Å². The summed E-state index contributed by atoms with van der Waals surface area (Å²) in [6.07, 6.45) is 0. The molecule has 0 atom stereocenters. The van der Waals surface area contributed by atoms with E-state index >= 15 is 0 Å². The minimum atomic E-state index is -0.235. The summed E-state index contributed by atoms with van der Waals surface area (Å²) in [5, 5.41) is 0. The lowest BCUT2D eigenvalue weighted by atomic mass is 10.2. The number of halogens is 1. The highest BCUT2D eigenvalue weighted by Crippen LogP contribution is 2.19. The number of amides is 1. The largest absolute Gasteiger partial charge is 0.319 e. The molecule has 2 aromatic carbocycles. The highest BCUT2D eigenvalue weighted by molar-refractivity contribution is 9.10. The molecule has 5 heteroatoms. The van der Waals surface area contributed by atoms with Crippen molar-refractivity contribution in [2.75, 3.05) is 0 Å². The average molecular weight is 361 g/mol. The third kappa shape index (κ3) is 2.71. The number of carbonyl (C=O) groups excluding carboxylic acids is 1. The van der Waals surface area contributed by atoms with Gasteiger partial charge in [-0.2, -0.15) is 4.99 Å². The molecule has 1 heterocycles. The SMILES string of the molecule is Cc1ccc2c(c1)sc(=NC(=O)c1ccccc1Br)n2C. The van der Waals surface area contributed by atoms with E-state index in [1.54, 1.807) is 6.07 Å². The molecule has 0 N–H and O–H groups in total. The summed E-state index contributed by atoms with van der Waals surface area (Å²) in [5.74, 6) is -0.235. The van der Waals surface area contributed by atoms with Crippen LogP contribution in [0.15, 0.2) is 51.9 Å². The summed E-state index contributed by atoms with van der Waals surface area (Å²) in [5.41, 5.74) is 2.86. The molecule has 3 aromatic rings. The molecule has 106 valence electrons. The van der Waals surface area contributed by atoms with Crippen molar-refractivity contribution in [1.82, 2.24) is 4.57 Å². The molecule has 0 fully saturated rings. The summed E-state index contributed by atoms with van der Waals surface area (Å²) in [6, 6.07) is 13.6. The van der Waals surface area contributed by atoms with Crippen LogP contribution in [0, 0.1) is 6.92 Å². The van der Waals surface area contributed by atoms with Crippen LogP contribution in [-0.4, -0.2) is 10.5 Å². The van der Waals surface area contributed by atoms with Gasteiger partial charge in [0.15, 0.2) is 4.80 Å². The first-order chi connectivity index (χ1) is 10.1. The van der Waals surface area contributed by atoms with Gasteiger partial charge < -0.3 is 4.57 Å². The van der Waals surface area contributed by atoms with E-state index in [1.807, 2.05) is 29.8 Å². The topological polar surface area (TPSA) is 34.4 Å². The van der Waals surface area contributed by atoms with Crippen LogP contribution in [0.1, 0.15) is 15.9 Å². The van der Waals surface area contributed by atoms with Crippen molar-refractivity contribution in [3.63, 3.8) is 0 Å². The van der Waals surface area contributed by atoms with Crippen molar-refractivity contribution in [2.45, 2.75) is 6.92 Å². The maximum Gasteiger partial charge on any atom is 0.280 e. The summed E-state index contributed by atoms with van der Waals surface area (Å²) in [4.78, 5) is 17.3. The summed E-state index contributed by atoms with van der Waals surface area (Å²) < 4.78 is 3.85. The number of hydrogen-bond acceptors (Lipinski definition) is 2. The molecule has 21 heavy (non-hydrogen) atoms. The van der Waals surface area contributed by atoms with Crippen LogP contribution in [-0.2, 0) is 7.05 Å². The minimum Gasteiger partial charge on any atom is -0.319 e. The molecule has 0 saturated carbocycles. The van der Waals surface area contributed by atoms with Crippen molar-refractivity contribution >= 4 is 43.4 Å². The Bertz CT molecular complexity index is 908. The lowest BCUT2D eigenvalue weighted by Crippen LogP contribution is -2.13. The van der Waals surface area contributed by atoms with Crippen molar-refractivity contribution in [2.24, 2.45) is 12.0 Å². The molecule has 0 bridgehead atoms. The molecule has 0 unspecified atom stereocenters. The maximum atomic E-state index is 12.3. The number of hydrogen-bond donors (Lipinski definition) is 0. The zero-order valence-corrected chi connectivity index (χ0v) is 14.0. The normalized spacial score (nSPS) is 12.0. The van der Waals surface area contributed by atoms with E-state index in [1.165, 1.54) is 16.9 Å². The Kier molecular flexibility index (Phi) is 3.78. The lowest BCUT2D eigenvalue weighted by molar-refractivity contribution is 0.0997. The molecule has 0 aliphatic carbocycles. The summed E-state index contributed by atoms with van der Waals surface area (Å²) >= 11 is 4.92. The Labute approximate surface area is 134 Å². The molecule has 0 spiro atoms. The van der Waals surface area contributed by atoms with Gasteiger partial charge in [-0.05, 0) is 52.7 Å². The maximum absolute atomic E-state index is 12.3. The Morgan fingerprint density at radius 3 is 2.76 bits per heavy atom. The second-order valence-electron chi connectivity index (χ2n) is 4.81. The van der Waals surface area contributed by atoms with Gasteiger partial charge in [-0.15, -0.1) is 0 Å². The van der Waals surface area contributed by atoms with Crippen LogP contribution in [0.5, 0.6) is 0 Å². The van der Waals surface area contributed by atoms with Gasteiger partial charge in [-0.3, -0.25) is 4.79 Å². The minimum absolute atomic E-state index is 0.235. The van der Waals surface area contributed by atoms with E-state index in [2.05, 4.69) is 46.0 Å². The second kappa shape index (κ2) is 5.58. The van der Waals surface area contributed by atoms with E-state index in [0.29, 0.717) is 10.4 Å². The Balaban J connectivity index is 2.14. The predicted octanol–water partition coefficient (Wildman–Crippen LogP) is 4.05. The summed E-state index contributed by atoms with van der Waals surface area (Å²) in [6.45, 7) is 2.06. The number of rotatable bonds is 1. The van der Waals surface area contributed by atoms with Crippen LogP contribution in [0.3, 0.4) is 0 Å². The zero-order valence-electron chi connectivity index (χ0n) is 11.6. The monoisotopic (exact) mass is 360 g/mol. The highest BCUT2D eigenvalue weighted by atomic mass is 79.9. The smallest absolute Gasteiger partial charge is 0.280 e. The van der Waals surface area contributed by atoms with E-state index in [9.17, 15) is 4.79 Å². The summed E-state index contributed by atoms with van der Waals surface area (Å²) in [7, 11) is 1.93. The number of fused-ring (bicyclic) bond motifs is 1. The molecule has 0 aliphatic rings.